The molecule has 0 atom stereocenters. The highest BCUT2D eigenvalue weighted by atomic mass is 16.6. The summed E-state index contributed by atoms with van der Waals surface area (Å²) >= 11 is 0. The van der Waals surface area contributed by atoms with E-state index in [-0.39, 0.29) is 11.3 Å². The van der Waals surface area contributed by atoms with Crippen molar-refractivity contribution in [2.75, 3.05) is 5.73 Å². The Labute approximate surface area is 83.1 Å². The summed E-state index contributed by atoms with van der Waals surface area (Å²) in [5.74, 6) is 0. The fourth-order valence-electron chi connectivity index (χ4n) is 1.03. The molecule has 0 radical (unpaired) electrons. The number of rotatable bonds is 3. The summed E-state index contributed by atoms with van der Waals surface area (Å²) in [6, 6.07) is 1.78. The van der Waals surface area contributed by atoms with E-state index < -0.39 is 21.2 Å². The van der Waals surface area contributed by atoms with Gasteiger partial charge in [-0.3, -0.25) is 20.2 Å². The van der Waals surface area contributed by atoms with Gasteiger partial charge in [0.1, 0.15) is 0 Å². The molecular weight excluding hydrogens is 204 g/mol. The Morgan fingerprint density at radius 1 is 1.20 bits per heavy atom. The first kappa shape index (κ1) is 10.6. The molecule has 15 heavy (non-hydrogen) atoms. The first-order valence-electron chi connectivity index (χ1n) is 3.70. The van der Waals surface area contributed by atoms with Crippen LogP contribution < -0.4 is 5.73 Å². The zero-order valence-corrected chi connectivity index (χ0v) is 7.34. The van der Waals surface area contributed by atoms with E-state index in [1.807, 2.05) is 0 Å². The Hall–Kier alpha value is -2.51. The number of nitrogens with two attached hydrogens (primary N) is 1. The SMILES string of the molecule is N=Cc1cc([N+](=O)[O-])c([N+](=O)[O-])cc1N. The lowest BCUT2D eigenvalue weighted by Gasteiger charge is -2.00. The van der Waals surface area contributed by atoms with Gasteiger partial charge in [0.2, 0.25) is 0 Å². The summed E-state index contributed by atoms with van der Waals surface area (Å²) in [6.07, 6.45) is 0.798. The normalized spacial score (nSPS) is 9.60. The molecule has 0 spiro atoms. The first-order chi connectivity index (χ1) is 6.97. The van der Waals surface area contributed by atoms with Gasteiger partial charge in [0.25, 0.3) is 0 Å². The highest BCUT2D eigenvalue weighted by Gasteiger charge is 2.25. The zero-order chi connectivity index (χ0) is 11.6. The topological polar surface area (TPSA) is 136 Å². The van der Waals surface area contributed by atoms with E-state index in [1.54, 1.807) is 0 Å². The maximum atomic E-state index is 10.5. The molecule has 0 saturated heterocycles. The van der Waals surface area contributed by atoms with Crippen LogP contribution in [0.15, 0.2) is 12.1 Å². The Morgan fingerprint density at radius 3 is 2.07 bits per heavy atom. The molecule has 1 rings (SSSR count). The third kappa shape index (κ3) is 1.88. The lowest BCUT2D eigenvalue weighted by Crippen LogP contribution is -2.01. The zero-order valence-electron chi connectivity index (χ0n) is 7.34. The molecule has 0 saturated carbocycles. The number of hydrogen-bond donors (Lipinski definition) is 2. The minimum atomic E-state index is -0.887. The van der Waals surface area contributed by atoms with E-state index in [4.69, 9.17) is 11.1 Å². The third-order valence-corrected chi connectivity index (χ3v) is 1.73. The highest BCUT2D eigenvalue weighted by Crippen LogP contribution is 2.30. The summed E-state index contributed by atoms with van der Waals surface area (Å²) in [6.45, 7) is 0. The molecule has 0 aromatic heterocycles. The predicted molar refractivity (Wildman–Crippen MR) is 52.0 cm³/mol. The maximum Gasteiger partial charge on any atom is 0.348 e. The van der Waals surface area contributed by atoms with Crippen LogP contribution in [0.3, 0.4) is 0 Å². The van der Waals surface area contributed by atoms with E-state index in [2.05, 4.69) is 0 Å². The lowest BCUT2D eigenvalue weighted by atomic mass is 10.1. The van der Waals surface area contributed by atoms with Crippen LogP contribution in [-0.4, -0.2) is 16.1 Å². The summed E-state index contributed by atoms with van der Waals surface area (Å²) in [5.41, 5.74) is 4.05. The van der Waals surface area contributed by atoms with Crippen molar-refractivity contribution in [2.45, 2.75) is 0 Å². The Bertz CT molecular complexity index is 457. The van der Waals surface area contributed by atoms with E-state index in [0.29, 0.717) is 0 Å². The number of nitrogen functional groups attached to an aromatic ring is 1. The Balaban J connectivity index is 3.52. The average Bonchev–Trinajstić information content (AvgIpc) is 2.16. The molecule has 0 heterocycles. The molecule has 0 unspecified atom stereocenters. The smallest absolute Gasteiger partial charge is 0.348 e. The van der Waals surface area contributed by atoms with Gasteiger partial charge in [-0.25, -0.2) is 0 Å². The molecule has 78 valence electrons. The molecule has 0 fully saturated rings. The molecule has 0 aliphatic heterocycles. The lowest BCUT2D eigenvalue weighted by molar-refractivity contribution is -0.422. The van der Waals surface area contributed by atoms with Crippen LogP contribution in [0.25, 0.3) is 0 Å². The molecule has 1 aromatic carbocycles. The monoisotopic (exact) mass is 210 g/mol. The summed E-state index contributed by atoms with van der Waals surface area (Å²) < 4.78 is 0. The molecular formula is C7H6N4O4. The minimum absolute atomic E-state index is 0.0395. The molecule has 0 aliphatic carbocycles. The fourth-order valence-corrected chi connectivity index (χ4v) is 1.03. The van der Waals surface area contributed by atoms with Gasteiger partial charge in [0.15, 0.2) is 0 Å². The summed E-state index contributed by atoms with van der Waals surface area (Å²) in [4.78, 5) is 19.2. The number of hydrogen-bond acceptors (Lipinski definition) is 6. The van der Waals surface area contributed by atoms with Crippen LogP contribution >= 0.6 is 0 Å². The second-order valence-electron chi connectivity index (χ2n) is 2.63. The first-order valence-corrected chi connectivity index (χ1v) is 3.70. The summed E-state index contributed by atoms with van der Waals surface area (Å²) in [7, 11) is 0. The third-order valence-electron chi connectivity index (χ3n) is 1.73. The standard InChI is InChI=1S/C7H6N4O4/c8-3-4-1-6(10(12)13)7(11(14)15)2-5(4)9/h1-3,8H,9H2. The number of nitrogens with zero attached hydrogens (tertiary/aromatic N) is 2. The summed E-state index contributed by atoms with van der Waals surface area (Å²) in [5, 5.41) is 27.9. The molecule has 8 nitrogen and oxygen atoms in total. The Kier molecular flexibility index (Phi) is 2.61. The highest BCUT2D eigenvalue weighted by molar-refractivity contribution is 5.88. The largest absolute Gasteiger partial charge is 0.398 e. The molecule has 8 heteroatoms. The second kappa shape index (κ2) is 3.70. The number of anilines is 1. The van der Waals surface area contributed by atoms with Crippen LogP contribution in [0.1, 0.15) is 5.56 Å². The molecule has 0 aliphatic rings. The molecule has 3 N–H and O–H groups in total. The van der Waals surface area contributed by atoms with E-state index in [1.165, 1.54) is 0 Å². The van der Waals surface area contributed by atoms with Crippen LogP contribution in [-0.2, 0) is 0 Å². The van der Waals surface area contributed by atoms with Gasteiger partial charge in [0.05, 0.1) is 9.85 Å². The number of nitro benzene ring substituents is 2. The number of nitro groups is 2. The van der Waals surface area contributed by atoms with Crippen LogP contribution in [0.4, 0.5) is 17.1 Å². The maximum absolute atomic E-state index is 10.5. The molecule has 1 aromatic rings. The molecule has 0 bridgehead atoms. The van der Waals surface area contributed by atoms with E-state index >= 15 is 0 Å². The van der Waals surface area contributed by atoms with Crippen molar-refractivity contribution in [2.24, 2.45) is 0 Å². The molecule has 0 amide bonds. The van der Waals surface area contributed by atoms with Crippen molar-refractivity contribution in [1.29, 1.82) is 5.41 Å². The van der Waals surface area contributed by atoms with Crippen LogP contribution in [0.2, 0.25) is 0 Å². The number of nitrogens with one attached hydrogen (secondary N) is 1. The van der Waals surface area contributed by atoms with Crippen LogP contribution in [0, 0.1) is 25.6 Å². The predicted octanol–water partition coefficient (Wildman–Crippen LogP) is 1.08. The van der Waals surface area contributed by atoms with Gasteiger partial charge in [-0.2, -0.15) is 0 Å². The van der Waals surface area contributed by atoms with Crippen molar-refractivity contribution in [3.63, 3.8) is 0 Å². The minimum Gasteiger partial charge on any atom is -0.398 e. The van der Waals surface area contributed by atoms with Gasteiger partial charge >= 0.3 is 11.4 Å². The van der Waals surface area contributed by atoms with Crippen molar-refractivity contribution in [3.05, 3.63) is 37.9 Å². The fraction of sp³-hybridized carbons (Fsp3) is 0. The van der Waals surface area contributed by atoms with Gasteiger partial charge in [-0.15, -0.1) is 0 Å². The van der Waals surface area contributed by atoms with Crippen molar-refractivity contribution in [3.8, 4) is 0 Å². The second-order valence-corrected chi connectivity index (χ2v) is 2.63. The van der Waals surface area contributed by atoms with Crippen molar-refractivity contribution < 1.29 is 9.85 Å². The average molecular weight is 210 g/mol. The number of benzene rings is 1. The van der Waals surface area contributed by atoms with E-state index in [9.17, 15) is 20.2 Å². The van der Waals surface area contributed by atoms with Gasteiger partial charge in [-0.1, -0.05) is 0 Å². The van der Waals surface area contributed by atoms with Crippen molar-refractivity contribution >= 4 is 23.3 Å². The van der Waals surface area contributed by atoms with Crippen molar-refractivity contribution in [1.82, 2.24) is 0 Å². The van der Waals surface area contributed by atoms with E-state index in [0.717, 1.165) is 18.3 Å². The van der Waals surface area contributed by atoms with Gasteiger partial charge in [-0.05, 0) is 0 Å². The van der Waals surface area contributed by atoms with Gasteiger partial charge in [0, 0.05) is 29.6 Å². The Morgan fingerprint density at radius 2 is 1.67 bits per heavy atom. The van der Waals surface area contributed by atoms with Gasteiger partial charge < -0.3 is 11.1 Å². The van der Waals surface area contributed by atoms with Crippen LogP contribution in [0.5, 0.6) is 0 Å². The quantitative estimate of drug-likeness (QED) is 0.333.